The molecule has 1 heterocycles. The lowest BCUT2D eigenvalue weighted by Crippen LogP contribution is -2.36. The number of anilines is 1. The fourth-order valence-electron chi connectivity index (χ4n) is 1.35. The second-order valence-electron chi connectivity index (χ2n) is 3.51. The van der Waals surface area contributed by atoms with Crippen LogP contribution < -0.4 is 10.2 Å². The zero-order valence-electron chi connectivity index (χ0n) is 9.75. The highest BCUT2D eigenvalue weighted by atomic mass is 79.9. The van der Waals surface area contributed by atoms with E-state index < -0.39 is 0 Å². The molecule has 1 amide bonds. The zero-order chi connectivity index (χ0) is 12.1. The smallest absolute Gasteiger partial charge is 0.239 e. The van der Waals surface area contributed by atoms with Crippen LogP contribution >= 0.6 is 15.9 Å². The molecule has 0 aliphatic rings. The van der Waals surface area contributed by atoms with Crippen LogP contribution in [0.2, 0.25) is 0 Å². The summed E-state index contributed by atoms with van der Waals surface area (Å²) < 4.78 is 0.915. The molecule has 0 aliphatic carbocycles. The number of hydrogen-bond acceptors (Lipinski definition) is 3. The van der Waals surface area contributed by atoms with Crippen molar-refractivity contribution in [3.63, 3.8) is 0 Å². The van der Waals surface area contributed by atoms with Gasteiger partial charge in [0.05, 0.1) is 11.0 Å². The van der Waals surface area contributed by atoms with Crippen LogP contribution in [-0.2, 0) is 4.79 Å². The van der Waals surface area contributed by atoms with Crippen molar-refractivity contribution < 1.29 is 4.79 Å². The number of nitrogens with one attached hydrogen (secondary N) is 1. The van der Waals surface area contributed by atoms with Crippen LogP contribution in [0.25, 0.3) is 0 Å². The Labute approximate surface area is 104 Å². The van der Waals surface area contributed by atoms with E-state index in [1.54, 1.807) is 13.2 Å². The summed E-state index contributed by atoms with van der Waals surface area (Å²) >= 11 is 3.46. The Hall–Kier alpha value is -1.10. The maximum atomic E-state index is 11.3. The maximum Gasteiger partial charge on any atom is 0.239 e. The molecule has 0 aromatic carbocycles. The first kappa shape index (κ1) is 13.0. The van der Waals surface area contributed by atoms with Gasteiger partial charge < -0.3 is 10.2 Å². The van der Waals surface area contributed by atoms with Crippen molar-refractivity contribution in [3.8, 4) is 0 Å². The van der Waals surface area contributed by atoms with Crippen molar-refractivity contribution in [2.24, 2.45) is 0 Å². The van der Waals surface area contributed by atoms with E-state index in [9.17, 15) is 4.79 Å². The van der Waals surface area contributed by atoms with Gasteiger partial charge in [0.2, 0.25) is 5.91 Å². The molecule has 16 heavy (non-hydrogen) atoms. The van der Waals surface area contributed by atoms with Crippen molar-refractivity contribution in [1.82, 2.24) is 10.3 Å². The van der Waals surface area contributed by atoms with Crippen LogP contribution in [-0.4, -0.2) is 31.0 Å². The van der Waals surface area contributed by atoms with Gasteiger partial charge in [-0.2, -0.15) is 0 Å². The van der Waals surface area contributed by atoms with Gasteiger partial charge in [0.1, 0.15) is 5.82 Å². The number of likely N-dealkylation sites (N-methyl/N-ethyl adjacent to an activating group) is 2. The summed E-state index contributed by atoms with van der Waals surface area (Å²) in [5.41, 5.74) is 1.09. The lowest BCUT2D eigenvalue weighted by molar-refractivity contribution is -0.119. The molecule has 0 radical (unpaired) electrons. The second-order valence-corrected chi connectivity index (χ2v) is 4.36. The van der Waals surface area contributed by atoms with Gasteiger partial charge in [-0.1, -0.05) is 0 Å². The Bertz CT molecular complexity index is 381. The zero-order valence-corrected chi connectivity index (χ0v) is 11.3. The Morgan fingerprint density at radius 3 is 2.81 bits per heavy atom. The van der Waals surface area contributed by atoms with Gasteiger partial charge in [-0.15, -0.1) is 0 Å². The Morgan fingerprint density at radius 1 is 1.62 bits per heavy atom. The minimum Gasteiger partial charge on any atom is -0.358 e. The van der Waals surface area contributed by atoms with Crippen LogP contribution in [0.4, 0.5) is 5.82 Å². The second kappa shape index (κ2) is 5.84. The van der Waals surface area contributed by atoms with Crippen LogP contribution in [0, 0.1) is 6.92 Å². The molecule has 88 valence electrons. The Balaban J connectivity index is 2.90. The molecule has 0 fully saturated rings. The van der Waals surface area contributed by atoms with E-state index >= 15 is 0 Å². The van der Waals surface area contributed by atoms with E-state index in [2.05, 4.69) is 26.2 Å². The number of nitrogens with zero attached hydrogens (tertiary/aromatic N) is 2. The summed E-state index contributed by atoms with van der Waals surface area (Å²) in [7, 11) is 1.63. The molecule has 0 unspecified atom stereocenters. The standard InChI is InChI=1S/C11H16BrN3O/c1-4-15(7-10(16)13-3)11-9(12)5-8(2)6-14-11/h5-6H,4,7H2,1-3H3,(H,13,16). The molecule has 1 aromatic rings. The molecule has 0 bridgehead atoms. The maximum absolute atomic E-state index is 11.3. The third-order valence-electron chi connectivity index (χ3n) is 2.25. The van der Waals surface area contributed by atoms with Crippen molar-refractivity contribution in [2.75, 3.05) is 25.0 Å². The van der Waals surface area contributed by atoms with Crippen LogP contribution in [0.1, 0.15) is 12.5 Å². The van der Waals surface area contributed by atoms with Gasteiger partial charge in [-0.3, -0.25) is 4.79 Å². The summed E-state index contributed by atoms with van der Waals surface area (Å²) in [6.07, 6.45) is 1.80. The number of aromatic nitrogens is 1. The highest BCUT2D eigenvalue weighted by Gasteiger charge is 2.12. The van der Waals surface area contributed by atoms with E-state index in [0.29, 0.717) is 6.54 Å². The third-order valence-corrected chi connectivity index (χ3v) is 2.84. The minimum atomic E-state index is -0.0175. The SMILES string of the molecule is CCN(CC(=O)NC)c1ncc(C)cc1Br. The summed E-state index contributed by atoms with van der Waals surface area (Å²) in [6.45, 7) is 5.04. The van der Waals surface area contributed by atoms with Crippen molar-refractivity contribution in [3.05, 3.63) is 22.3 Å². The predicted molar refractivity (Wildman–Crippen MR) is 68.6 cm³/mol. The molecule has 1 aromatic heterocycles. The summed E-state index contributed by atoms with van der Waals surface area (Å²) in [4.78, 5) is 17.6. The summed E-state index contributed by atoms with van der Waals surface area (Å²) in [6, 6.07) is 1.99. The van der Waals surface area contributed by atoms with Gasteiger partial charge in [0, 0.05) is 19.8 Å². The van der Waals surface area contributed by atoms with Crippen molar-refractivity contribution in [1.29, 1.82) is 0 Å². The van der Waals surface area contributed by atoms with Crippen LogP contribution in [0.15, 0.2) is 16.7 Å². The predicted octanol–water partition coefficient (Wildman–Crippen LogP) is 1.72. The Morgan fingerprint density at radius 2 is 2.31 bits per heavy atom. The average Bonchev–Trinajstić information content (AvgIpc) is 2.26. The average molecular weight is 286 g/mol. The highest BCUT2D eigenvalue weighted by Crippen LogP contribution is 2.24. The molecule has 5 heteroatoms. The molecule has 0 spiro atoms. The summed E-state index contributed by atoms with van der Waals surface area (Å²) in [5, 5.41) is 2.61. The van der Waals surface area contributed by atoms with E-state index in [1.807, 2.05) is 24.8 Å². The number of rotatable bonds is 4. The van der Waals surface area contributed by atoms with Gasteiger partial charge in [-0.25, -0.2) is 4.98 Å². The van der Waals surface area contributed by atoms with Gasteiger partial charge in [-0.05, 0) is 41.4 Å². The number of carbonyl (C=O) groups excluding carboxylic acids is 1. The van der Waals surface area contributed by atoms with E-state index in [-0.39, 0.29) is 5.91 Å². The molecule has 0 saturated carbocycles. The first-order valence-electron chi connectivity index (χ1n) is 5.16. The monoisotopic (exact) mass is 285 g/mol. The fourth-order valence-corrected chi connectivity index (χ4v) is 2.06. The number of pyridine rings is 1. The number of halogens is 1. The minimum absolute atomic E-state index is 0.0175. The number of aryl methyl sites for hydroxylation is 1. The van der Waals surface area contributed by atoms with E-state index in [0.717, 1.165) is 22.4 Å². The first-order chi connectivity index (χ1) is 7.58. The van der Waals surface area contributed by atoms with Crippen LogP contribution in [0.3, 0.4) is 0 Å². The highest BCUT2D eigenvalue weighted by molar-refractivity contribution is 9.10. The Kier molecular flexibility index (Phi) is 4.73. The lowest BCUT2D eigenvalue weighted by atomic mass is 10.3. The molecule has 0 aliphatic heterocycles. The molecular weight excluding hydrogens is 270 g/mol. The quantitative estimate of drug-likeness (QED) is 0.916. The fraction of sp³-hybridized carbons (Fsp3) is 0.455. The molecule has 4 nitrogen and oxygen atoms in total. The topological polar surface area (TPSA) is 45.2 Å². The molecular formula is C11H16BrN3O. The van der Waals surface area contributed by atoms with Gasteiger partial charge >= 0.3 is 0 Å². The van der Waals surface area contributed by atoms with E-state index in [4.69, 9.17) is 0 Å². The number of amides is 1. The lowest BCUT2D eigenvalue weighted by Gasteiger charge is -2.22. The largest absolute Gasteiger partial charge is 0.358 e. The van der Waals surface area contributed by atoms with Crippen LogP contribution in [0.5, 0.6) is 0 Å². The first-order valence-corrected chi connectivity index (χ1v) is 5.95. The molecule has 0 atom stereocenters. The summed E-state index contributed by atoms with van der Waals surface area (Å²) in [5.74, 6) is 0.785. The van der Waals surface area contributed by atoms with Gasteiger partial charge in [0.15, 0.2) is 0 Å². The van der Waals surface area contributed by atoms with Crippen molar-refractivity contribution >= 4 is 27.7 Å². The normalized spacial score (nSPS) is 10.0. The number of carbonyl (C=O) groups is 1. The molecule has 1 rings (SSSR count). The molecule has 1 N–H and O–H groups in total. The van der Waals surface area contributed by atoms with Gasteiger partial charge in [0.25, 0.3) is 0 Å². The molecule has 0 saturated heterocycles. The van der Waals surface area contributed by atoms with E-state index in [1.165, 1.54) is 0 Å². The number of hydrogen-bond donors (Lipinski definition) is 1. The van der Waals surface area contributed by atoms with Crippen molar-refractivity contribution in [2.45, 2.75) is 13.8 Å². The third kappa shape index (κ3) is 3.20.